The Bertz CT molecular complexity index is 1170. The molecule has 1 atom stereocenters. The quantitative estimate of drug-likeness (QED) is 0.398. The Morgan fingerprint density at radius 2 is 1.77 bits per heavy atom. The van der Waals surface area contributed by atoms with Crippen LogP contribution in [0.5, 0.6) is 0 Å². The molecule has 1 aromatic carbocycles. The summed E-state index contributed by atoms with van der Waals surface area (Å²) in [7, 11) is 2.23. The highest BCUT2D eigenvalue weighted by molar-refractivity contribution is 5.77. The van der Waals surface area contributed by atoms with E-state index in [-0.39, 0.29) is 0 Å². The third kappa shape index (κ3) is 4.77. The van der Waals surface area contributed by atoms with Crippen molar-refractivity contribution in [2.45, 2.75) is 44.7 Å². The third-order valence-electron chi connectivity index (χ3n) is 8.29. The van der Waals surface area contributed by atoms with E-state index in [1.807, 2.05) is 12.4 Å². The Morgan fingerprint density at radius 3 is 2.69 bits per heavy atom. The summed E-state index contributed by atoms with van der Waals surface area (Å²) >= 11 is 0. The van der Waals surface area contributed by atoms with Crippen LogP contribution < -0.4 is 0 Å². The van der Waals surface area contributed by atoms with E-state index >= 15 is 0 Å². The highest BCUT2D eigenvalue weighted by atomic mass is 15.2. The summed E-state index contributed by atoms with van der Waals surface area (Å²) in [5.41, 5.74) is 9.61. The van der Waals surface area contributed by atoms with Crippen molar-refractivity contribution in [1.29, 1.82) is 0 Å². The lowest BCUT2D eigenvalue weighted by Crippen LogP contribution is -2.45. The minimum absolute atomic E-state index is 0.383. The SMILES string of the molecule is CN1CCN(CCCN(Cc2nccc3c2Cc2ccccc2-3)[C@H]2CCCc3cccnc32)CC1. The van der Waals surface area contributed by atoms with E-state index in [4.69, 9.17) is 9.97 Å². The number of piperazine rings is 1. The average Bonchev–Trinajstić information content (AvgIpc) is 3.29. The lowest BCUT2D eigenvalue weighted by molar-refractivity contribution is 0.127. The molecule has 0 bridgehead atoms. The maximum absolute atomic E-state index is 4.95. The van der Waals surface area contributed by atoms with E-state index in [2.05, 4.69) is 64.2 Å². The van der Waals surface area contributed by atoms with Gasteiger partial charge in [0.2, 0.25) is 0 Å². The molecule has 3 aliphatic rings. The summed E-state index contributed by atoms with van der Waals surface area (Å²) in [5.74, 6) is 0. The molecule has 0 amide bonds. The first-order chi connectivity index (χ1) is 17.3. The zero-order chi connectivity index (χ0) is 23.6. The number of benzene rings is 1. The van der Waals surface area contributed by atoms with Gasteiger partial charge in [-0.3, -0.25) is 14.9 Å². The van der Waals surface area contributed by atoms with Crippen molar-refractivity contribution in [1.82, 2.24) is 24.7 Å². The van der Waals surface area contributed by atoms with Gasteiger partial charge >= 0.3 is 0 Å². The minimum Gasteiger partial charge on any atom is -0.304 e. The molecule has 0 saturated carbocycles. The predicted octanol–water partition coefficient (Wildman–Crippen LogP) is 4.56. The number of pyridine rings is 2. The Hall–Kier alpha value is -2.60. The molecule has 1 fully saturated rings. The zero-order valence-electron chi connectivity index (χ0n) is 21.0. The number of aromatic nitrogens is 2. The molecule has 35 heavy (non-hydrogen) atoms. The maximum Gasteiger partial charge on any atom is 0.0607 e. The van der Waals surface area contributed by atoms with Crippen LogP contribution in [0, 0.1) is 0 Å². The highest BCUT2D eigenvalue weighted by Crippen LogP contribution is 2.39. The van der Waals surface area contributed by atoms with E-state index in [0.29, 0.717) is 6.04 Å². The molecule has 0 N–H and O–H groups in total. The Kier molecular flexibility index (Phi) is 6.64. The summed E-state index contributed by atoms with van der Waals surface area (Å²) in [4.78, 5) is 17.6. The van der Waals surface area contributed by atoms with E-state index < -0.39 is 0 Å². The predicted molar refractivity (Wildman–Crippen MR) is 141 cm³/mol. The zero-order valence-corrected chi connectivity index (χ0v) is 21.0. The van der Waals surface area contributed by atoms with Gasteiger partial charge in [0.15, 0.2) is 0 Å². The van der Waals surface area contributed by atoms with Gasteiger partial charge in [-0.25, -0.2) is 0 Å². The van der Waals surface area contributed by atoms with Gasteiger partial charge in [-0.05, 0) is 79.2 Å². The number of likely N-dealkylation sites (N-methyl/N-ethyl adjacent to an activating group) is 1. The van der Waals surface area contributed by atoms with Crippen molar-refractivity contribution >= 4 is 0 Å². The molecule has 5 nitrogen and oxygen atoms in total. The molecule has 3 heterocycles. The molecule has 2 aliphatic carbocycles. The van der Waals surface area contributed by atoms with E-state index in [1.165, 1.54) is 91.2 Å². The van der Waals surface area contributed by atoms with Crippen LogP contribution in [0.1, 0.15) is 53.4 Å². The van der Waals surface area contributed by atoms with Crippen molar-refractivity contribution in [3.05, 3.63) is 82.9 Å². The highest BCUT2D eigenvalue weighted by Gasteiger charge is 2.29. The third-order valence-corrected chi connectivity index (χ3v) is 8.29. The van der Waals surface area contributed by atoms with Gasteiger partial charge in [0, 0.05) is 58.1 Å². The minimum atomic E-state index is 0.383. The second-order valence-corrected chi connectivity index (χ2v) is 10.5. The van der Waals surface area contributed by atoms with Gasteiger partial charge in [-0.1, -0.05) is 30.3 Å². The molecule has 5 heteroatoms. The summed E-state index contributed by atoms with van der Waals surface area (Å²) in [5, 5.41) is 0. The standard InChI is InChI=1S/C30H37N5/c1-33-17-19-34(20-18-33)15-6-16-35(29-11-4-8-23-9-5-13-32-30(23)29)22-28-27-21-24-7-2-3-10-25(24)26(27)12-14-31-28/h2-3,5,7,9-10,12-14,29H,4,6,8,11,15-22H2,1H3/t29-/m0/s1. The van der Waals surface area contributed by atoms with Gasteiger partial charge in [-0.2, -0.15) is 0 Å². The van der Waals surface area contributed by atoms with Crippen LogP contribution in [0.15, 0.2) is 54.9 Å². The molecule has 0 radical (unpaired) electrons. The van der Waals surface area contributed by atoms with Gasteiger partial charge < -0.3 is 9.80 Å². The van der Waals surface area contributed by atoms with Crippen LogP contribution in [-0.2, 0) is 19.4 Å². The first kappa shape index (κ1) is 22.8. The van der Waals surface area contributed by atoms with Crippen molar-refractivity contribution in [2.75, 3.05) is 46.3 Å². The summed E-state index contributed by atoms with van der Waals surface area (Å²) < 4.78 is 0. The van der Waals surface area contributed by atoms with E-state index in [9.17, 15) is 0 Å². The van der Waals surface area contributed by atoms with Crippen LogP contribution in [0.25, 0.3) is 11.1 Å². The molecule has 0 spiro atoms. The van der Waals surface area contributed by atoms with Crippen LogP contribution in [0.2, 0.25) is 0 Å². The summed E-state index contributed by atoms with van der Waals surface area (Å²) in [6, 6.07) is 15.8. The first-order valence-corrected chi connectivity index (χ1v) is 13.4. The Balaban J connectivity index is 1.24. The largest absolute Gasteiger partial charge is 0.304 e. The fourth-order valence-electron chi connectivity index (χ4n) is 6.30. The summed E-state index contributed by atoms with van der Waals surface area (Å²) in [6.45, 7) is 7.92. The van der Waals surface area contributed by atoms with Gasteiger partial charge in [0.1, 0.15) is 0 Å². The molecule has 1 aliphatic heterocycles. The van der Waals surface area contributed by atoms with Crippen molar-refractivity contribution < 1.29 is 0 Å². The normalized spacial score (nSPS) is 20.0. The Labute approximate surface area is 209 Å². The van der Waals surface area contributed by atoms with Crippen LogP contribution in [0.4, 0.5) is 0 Å². The molecule has 2 aromatic heterocycles. The second kappa shape index (κ2) is 10.2. The number of fused-ring (bicyclic) bond motifs is 4. The first-order valence-electron chi connectivity index (χ1n) is 13.4. The number of hydrogen-bond donors (Lipinski definition) is 0. The lowest BCUT2D eigenvalue weighted by Gasteiger charge is -2.36. The number of nitrogens with zero attached hydrogens (tertiary/aromatic N) is 5. The molecular formula is C30H37N5. The molecule has 6 rings (SSSR count). The summed E-state index contributed by atoms with van der Waals surface area (Å²) in [6.07, 6.45) is 9.78. The van der Waals surface area contributed by atoms with Gasteiger partial charge in [0.05, 0.1) is 17.4 Å². The van der Waals surface area contributed by atoms with Crippen molar-refractivity contribution in [2.24, 2.45) is 0 Å². The molecular weight excluding hydrogens is 430 g/mol. The second-order valence-electron chi connectivity index (χ2n) is 10.5. The van der Waals surface area contributed by atoms with Gasteiger partial charge in [0.25, 0.3) is 0 Å². The van der Waals surface area contributed by atoms with Crippen molar-refractivity contribution in [3.8, 4) is 11.1 Å². The molecule has 3 aromatic rings. The van der Waals surface area contributed by atoms with Crippen LogP contribution in [0.3, 0.4) is 0 Å². The van der Waals surface area contributed by atoms with Gasteiger partial charge in [-0.15, -0.1) is 0 Å². The fourth-order valence-corrected chi connectivity index (χ4v) is 6.30. The number of rotatable bonds is 7. The molecule has 1 saturated heterocycles. The fraction of sp³-hybridized carbons (Fsp3) is 0.467. The van der Waals surface area contributed by atoms with Crippen LogP contribution >= 0.6 is 0 Å². The van der Waals surface area contributed by atoms with Crippen LogP contribution in [-0.4, -0.2) is 71.0 Å². The number of hydrogen-bond acceptors (Lipinski definition) is 5. The topological polar surface area (TPSA) is 35.5 Å². The number of aryl methyl sites for hydroxylation is 1. The smallest absolute Gasteiger partial charge is 0.0607 e. The van der Waals surface area contributed by atoms with E-state index in [0.717, 1.165) is 25.9 Å². The molecule has 182 valence electrons. The average molecular weight is 468 g/mol. The van der Waals surface area contributed by atoms with Crippen molar-refractivity contribution in [3.63, 3.8) is 0 Å². The lowest BCUT2D eigenvalue weighted by atomic mass is 9.90. The van der Waals surface area contributed by atoms with E-state index in [1.54, 1.807) is 0 Å². The maximum atomic E-state index is 4.95. The molecule has 0 unspecified atom stereocenters. The monoisotopic (exact) mass is 467 g/mol. The Morgan fingerprint density at radius 1 is 0.914 bits per heavy atom.